The Morgan fingerprint density at radius 2 is 1.78 bits per heavy atom. The molecule has 4 nitrogen and oxygen atoms in total. The van der Waals surface area contributed by atoms with E-state index in [2.05, 4.69) is 10.6 Å². The van der Waals surface area contributed by atoms with Gasteiger partial charge in [-0.05, 0) is 55.7 Å². The van der Waals surface area contributed by atoms with Crippen molar-refractivity contribution < 1.29 is 9.53 Å². The number of hydrogen-bond donors (Lipinski definition) is 2. The molecule has 0 saturated heterocycles. The summed E-state index contributed by atoms with van der Waals surface area (Å²) in [4.78, 5) is 11.9. The molecule has 0 aromatic heterocycles. The second kappa shape index (κ2) is 7.88. The number of nitrogens with one attached hydrogen (secondary N) is 2. The lowest BCUT2D eigenvalue weighted by molar-refractivity contribution is 0.247. The van der Waals surface area contributed by atoms with Crippen molar-refractivity contribution >= 4 is 23.3 Å². The van der Waals surface area contributed by atoms with Gasteiger partial charge in [0.1, 0.15) is 12.4 Å². The predicted octanol–water partition coefficient (Wildman–Crippen LogP) is 4.47. The fraction of sp³-hybridized carbons (Fsp3) is 0.278. The fourth-order valence-corrected chi connectivity index (χ4v) is 2.33. The molecule has 2 aromatic carbocycles. The lowest BCUT2D eigenvalue weighted by Crippen LogP contribution is -2.32. The van der Waals surface area contributed by atoms with Crippen LogP contribution in [-0.4, -0.2) is 19.2 Å². The van der Waals surface area contributed by atoms with Crippen molar-refractivity contribution in [3.05, 3.63) is 58.1 Å². The summed E-state index contributed by atoms with van der Waals surface area (Å²) in [6.07, 6.45) is 0. The van der Waals surface area contributed by atoms with Gasteiger partial charge in [0.05, 0.1) is 6.54 Å². The molecule has 2 N–H and O–H groups in total. The standard InChI is InChI=1S/C18H21ClN2O2/c1-12-5-4-6-13(2)17(12)21-18(22)20-9-10-23-15-7-8-16(19)14(3)11-15/h4-8,11H,9-10H2,1-3H3,(H2,20,21,22). The molecular formula is C18H21ClN2O2. The Balaban J connectivity index is 1.78. The maximum atomic E-state index is 11.9. The molecule has 0 spiro atoms. The number of amides is 2. The highest BCUT2D eigenvalue weighted by molar-refractivity contribution is 6.31. The number of carbonyl (C=O) groups excluding carboxylic acids is 1. The minimum Gasteiger partial charge on any atom is -0.492 e. The summed E-state index contributed by atoms with van der Waals surface area (Å²) >= 11 is 5.97. The van der Waals surface area contributed by atoms with Crippen molar-refractivity contribution in [1.29, 1.82) is 0 Å². The molecule has 2 aromatic rings. The van der Waals surface area contributed by atoms with Gasteiger partial charge in [-0.1, -0.05) is 29.8 Å². The van der Waals surface area contributed by atoms with Gasteiger partial charge in [-0.25, -0.2) is 4.79 Å². The average molecular weight is 333 g/mol. The van der Waals surface area contributed by atoms with Crippen LogP contribution in [-0.2, 0) is 0 Å². The maximum Gasteiger partial charge on any atom is 0.319 e. The second-order valence-corrected chi connectivity index (χ2v) is 5.81. The van der Waals surface area contributed by atoms with Gasteiger partial charge in [-0.2, -0.15) is 0 Å². The van der Waals surface area contributed by atoms with Crippen LogP contribution in [0.4, 0.5) is 10.5 Å². The molecule has 0 bridgehead atoms. The van der Waals surface area contributed by atoms with E-state index < -0.39 is 0 Å². The van der Waals surface area contributed by atoms with Crippen LogP contribution < -0.4 is 15.4 Å². The topological polar surface area (TPSA) is 50.4 Å². The highest BCUT2D eigenvalue weighted by atomic mass is 35.5. The molecule has 122 valence electrons. The molecule has 0 aliphatic heterocycles. The first-order valence-electron chi connectivity index (χ1n) is 7.47. The predicted molar refractivity (Wildman–Crippen MR) is 94.6 cm³/mol. The van der Waals surface area contributed by atoms with Gasteiger partial charge < -0.3 is 15.4 Å². The minimum atomic E-state index is -0.238. The molecule has 0 aliphatic carbocycles. The monoisotopic (exact) mass is 332 g/mol. The van der Waals surface area contributed by atoms with E-state index in [4.69, 9.17) is 16.3 Å². The van der Waals surface area contributed by atoms with Crippen LogP contribution in [0.25, 0.3) is 0 Å². The fourth-order valence-electron chi connectivity index (χ4n) is 2.21. The molecule has 5 heteroatoms. The Morgan fingerprint density at radius 1 is 1.09 bits per heavy atom. The van der Waals surface area contributed by atoms with Crippen molar-refractivity contribution in [2.45, 2.75) is 20.8 Å². The molecular weight excluding hydrogens is 312 g/mol. The Bertz CT molecular complexity index is 681. The highest BCUT2D eigenvalue weighted by Crippen LogP contribution is 2.21. The van der Waals surface area contributed by atoms with Crippen LogP contribution in [0.15, 0.2) is 36.4 Å². The normalized spacial score (nSPS) is 10.3. The van der Waals surface area contributed by atoms with E-state index in [9.17, 15) is 4.79 Å². The van der Waals surface area contributed by atoms with Gasteiger partial charge >= 0.3 is 6.03 Å². The van der Waals surface area contributed by atoms with Crippen LogP contribution in [0.1, 0.15) is 16.7 Å². The first kappa shape index (κ1) is 17.2. The number of anilines is 1. The van der Waals surface area contributed by atoms with E-state index in [1.165, 1.54) is 0 Å². The number of para-hydroxylation sites is 1. The first-order chi connectivity index (χ1) is 11.0. The summed E-state index contributed by atoms with van der Waals surface area (Å²) < 4.78 is 5.59. The van der Waals surface area contributed by atoms with Crippen LogP contribution in [0.5, 0.6) is 5.75 Å². The molecule has 0 atom stereocenters. The molecule has 0 radical (unpaired) electrons. The van der Waals surface area contributed by atoms with Crippen molar-refractivity contribution in [3.63, 3.8) is 0 Å². The molecule has 2 rings (SSSR count). The molecule has 2 amide bonds. The highest BCUT2D eigenvalue weighted by Gasteiger charge is 2.06. The Morgan fingerprint density at radius 3 is 2.43 bits per heavy atom. The number of ether oxygens (including phenoxy) is 1. The summed E-state index contributed by atoms with van der Waals surface area (Å²) in [5, 5.41) is 6.36. The van der Waals surface area contributed by atoms with Gasteiger partial charge in [0.25, 0.3) is 0 Å². The van der Waals surface area contributed by atoms with E-state index in [1.54, 1.807) is 6.07 Å². The zero-order valence-electron chi connectivity index (χ0n) is 13.6. The van der Waals surface area contributed by atoms with Gasteiger partial charge in [0.15, 0.2) is 0 Å². The van der Waals surface area contributed by atoms with E-state index in [1.807, 2.05) is 51.1 Å². The first-order valence-corrected chi connectivity index (χ1v) is 7.85. The number of rotatable bonds is 5. The summed E-state index contributed by atoms with van der Waals surface area (Å²) in [7, 11) is 0. The third-order valence-electron chi connectivity index (χ3n) is 3.51. The second-order valence-electron chi connectivity index (χ2n) is 5.41. The molecule has 0 unspecified atom stereocenters. The quantitative estimate of drug-likeness (QED) is 0.794. The van der Waals surface area contributed by atoms with Crippen molar-refractivity contribution in [1.82, 2.24) is 5.32 Å². The SMILES string of the molecule is Cc1cc(OCCNC(=O)Nc2c(C)cccc2C)ccc1Cl. The zero-order chi connectivity index (χ0) is 16.8. The van der Waals surface area contributed by atoms with Crippen molar-refractivity contribution in [2.75, 3.05) is 18.5 Å². The van der Waals surface area contributed by atoms with E-state index in [-0.39, 0.29) is 6.03 Å². The van der Waals surface area contributed by atoms with Crippen LogP contribution in [0.3, 0.4) is 0 Å². The summed E-state index contributed by atoms with van der Waals surface area (Å²) in [6, 6.07) is 11.1. The summed E-state index contributed by atoms with van der Waals surface area (Å²) in [6.45, 7) is 6.66. The van der Waals surface area contributed by atoms with Crippen molar-refractivity contribution in [3.8, 4) is 5.75 Å². The third-order valence-corrected chi connectivity index (χ3v) is 3.93. The number of aryl methyl sites for hydroxylation is 3. The van der Waals surface area contributed by atoms with E-state index in [0.29, 0.717) is 18.2 Å². The summed E-state index contributed by atoms with van der Waals surface area (Å²) in [5.41, 5.74) is 3.88. The summed E-state index contributed by atoms with van der Waals surface area (Å²) in [5.74, 6) is 0.740. The average Bonchev–Trinajstić information content (AvgIpc) is 2.51. The van der Waals surface area contributed by atoms with Gasteiger partial charge in [0.2, 0.25) is 0 Å². The minimum absolute atomic E-state index is 0.238. The van der Waals surface area contributed by atoms with Crippen molar-refractivity contribution in [2.24, 2.45) is 0 Å². The number of carbonyl (C=O) groups is 1. The molecule has 0 heterocycles. The lowest BCUT2D eigenvalue weighted by Gasteiger charge is -2.13. The zero-order valence-corrected chi connectivity index (χ0v) is 14.3. The lowest BCUT2D eigenvalue weighted by atomic mass is 10.1. The van der Waals surface area contributed by atoms with Crippen LogP contribution >= 0.6 is 11.6 Å². The Hall–Kier alpha value is -2.20. The number of benzene rings is 2. The van der Waals surface area contributed by atoms with Gasteiger partial charge in [-0.3, -0.25) is 0 Å². The van der Waals surface area contributed by atoms with Crippen LogP contribution in [0.2, 0.25) is 5.02 Å². The molecule has 0 fully saturated rings. The van der Waals surface area contributed by atoms with Gasteiger partial charge in [-0.15, -0.1) is 0 Å². The number of hydrogen-bond acceptors (Lipinski definition) is 2. The number of halogens is 1. The van der Waals surface area contributed by atoms with Gasteiger partial charge in [0, 0.05) is 10.7 Å². The molecule has 0 aliphatic rings. The molecule has 23 heavy (non-hydrogen) atoms. The van der Waals surface area contributed by atoms with E-state index >= 15 is 0 Å². The largest absolute Gasteiger partial charge is 0.492 e. The third kappa shape index (κ3) is 4.89. The van der Waals surface area contributed by atoms with Crippen LogP contribution in [0, 0.1) is 20.8 Å². The maximum absolute atomic E-state index is 11.9. The molecule has 0 saturated carbocycles. The smallest absolute Gasteiger partial charge is 0.319 e. The Kier molecular flexibility index (Phi) is 5.88. The van der Waals surface area contributed by atoms with E-state index in [0.717, 1.165) is 28.1 Å². The Labute approximate surface area is 141 Å². The number of urea groups is 1.